The van der Waals surface area contributed by atoms with Gasteiger partial charge in [-0.2, -0.15) is 0 Å². The van der Waals surface area contributed by atoms with Crippen LogP contribution in [0, 0.1) is 0 Å². The molecule has 0 amide bonds. The summed E-state index contributed by atoms with van der Waals surface area (Å²) in [6, 6.07) is 17.1. The molecule has 98 valence electrons. The highest BCUT2D eigenvalue weighted by atomic mass is 15.1. The van der Waals surface area contributed by atoms with Crippen molar-refractivity contribution >= 4 is 11.4 Å². The van der Waals surface area contributed by atoms with Crippen LogP contribution < -0.4 is 15.5 Å². The molecule has 0 spiro atoms. The quantitative estimate of drug-likeness (QED) is 0.861. The number of nitrogens with zero attached hydrogens (tertiary/aromatic N) is 1. The number of rotatable bonds is 2. The van der Waals surface area contributed by atoms with Gasteiger partial charge in [-0.3, -0.25) is 5.32 Å². The van der Waals surface area contributed by atoms with Crippen molar-refractivity contribution in [1.82, 2.24) is 5.32 Å². The average molecular weight is 253 g/mol. The molecule has 1 atom stereocenters. The van der Waals surface area contributed by atoms with Crippen LogP contribution in [0.4, 0.5) is 11.4 Å². The zero-order chi connectivity index (χ0) is 13.2. The van der Waals surface area contributed by atoms with Crippen molar-refractivity contribution in [2.45, 2.75) is 12.7 Å². The second-order valence-electron chi connectivity index (χ2n) is 5.10. The van der Waals surface area contributed by atoms with Crippen molar-refractivity contribution in [2.24, 2.45) is 0 Å². The molecule has 3 heteroatoms. The van der Waals surface area contributed by atoms with Crippen molar-refractivity contribution in [3.05, 3.63) is 59.7 Å². The number of benzene rings is 2. The molecule has 3 nitrogen and oxygen atoms in total. The predicted molar refractivity (Wildman–Crippen MR) is 80.4 cm³/mol. The minimum absolute atomic E-state index is 0.186. The molecule has 0 aromatic heterocycles. The van der Waals surface area contributed by atoms with Gasteiger partial charge >= 0.3 is 0 Å². The Morgan fingerprint density at radius 2 is 1.74 bits per heavy atom. The molecule has 0 radical (unpaired) electrons. The number of anilines is 2. The Kier molecular flexibility index (Phi) is 3.13. The fraction of sp³-hybridized carbons (Fsp3) is 0.250. The van der Waals surface area contributed by atoms with Crippen LogP contribution in [0.15, 0.2) is 48.5 Å². The minimum atomic E-state index is 0.186. The Hall–Kier alpha value is -2.00. The van der Waals surface area contributed by atoms with Gasteiger partial charge in [-0.15, -0.1) is 0 Å². The molecule has 2 aromatic carbocycles. The molecule has 2 aromatic rings. The van der Waals surface area contributed by atoms with E-state index in [0.29, 0.717) is 0 Å². The van der Waals surface area contributed by atoms with Gasteiger partial charge in [-0.05, 0) is 29.3 Å². The molecule has 19 heavy (non-hydrogen) atoms. The van der Waals surface area contributed by atoms with Crippen LogP contribution in [0.25, 0.3) is 0 Å². The smallest absolute Gasteiger partial charge is 0.103 e. The molecule has 0 saturated heterocycles. The Morgan fingerprint density at radius 3 is 2.47 bits per heavy atom. The van der Waals surface area contributed by atoms with Gasteiger partial charge in [0.2, 0.25) is 0 Å². The molecular formula is C16H19N3. The summed E-state index contributed by atoms with van der Waals surface area (Å²) in [6.07, 6.45) is 0.186. The molecule has 3 rings (SSSR count). The number of hydrogen-bond acceptors (Lipinski definition) is 3. The van der Waals surface area contributed by atoms with Crippen LogP contribution in [-0.2, 0) is 6.54 Å². The first-order chi connectivity index (χ1) is 9.24. The first kappa shape index (κ1) is 12.1. The Morgan fingerprint density at radius 1 is 1.00 bits per heavy atom. The molecule has 1 aliphatic heterocycles. The summed E-state index contributed by atoms with van der Waals surface area (Å²) in [5, 5.41) is 7.05. The van der Waals surface area contributed by atoms with Gasteiger partial charge < -0.3 is 10.2 Å². The second kappa shape index (κ2) is 4.94. The standard InChI is InChI=1S/C16H19N3/c1-19(2)14-9-7-12(8-10-14)16-17-11-13-5-3-4-6-15(13)18-16/h3-10,16-18H,11H2,1-2H3/t16-/m0/s1. The van der Waals surface area contributed by atoms with Gasteiger partial charge in [-0.25, -0.2) is 0 Å². The van der Waals surface area contributed by atoms with Crippen LogP contribution in [-0.4, -0.2) is 14.1 Å². The lowest BCUT2D eigenvalue weighted by atomic mass is 10.1. The molecule has 2 N–H and O–H groups in total. The van der Waals surface area contributed by atoms with Crippen molar-refractivity contribution in [1.29, 1.82) is 0 Å². The molecule has 0 saturated carbocycles. The fourth-order valence-electron chi connectivity index (χ4n) is 2.40. The first-order valence-corrected chi connectivity index (χ1v) is 6.59. The van der Waals surface area contributed by atoms with Crippen molar-refractivity contribution < 1.29 is 0 Å². The van der Waals surface area contributed by atoms with E-state index in [9.17, 15) is 0 Å². The Bertz CT molecular complexity index is 560. The van der Waals surface area contributed by atoms with Gasteiger partial charge in [0.25, 0.3) is 0 Å². The lowest BCUT2D eigenvalue weighted by Gasteiger charge is -2.29. The number of para-hydroxylation sites is 1. The van der Waals surface area contributed by atoms with Gasteiger partial charge in [0.15, 0.2) is 0 Å². The Balaban J connectivity index is 1.81. The third-order valence-electron chi connectivity index (χ3n) is 3.56. The van der Waals surface area contributed by atoms with E-state index in [1.807, 2.05) is 0 Å². The number of nitrogens with one attached hydrogen (secondary N) is 2. The van der Waals surface area contributed by atoms with E-state index in [0.717, 1.165) is 6.54 Å². The van der Waals surface area contributed by atoms with E-state index >= 15 is 0 Å². The SMILES string of the molecule is CN(C)c1ccc([C@H]2NCc3ccccc3N2)cc1. The largest absolute Gasteiger partial charge is 0.378 e. The molecular weight excluding hydrogens is 234 g/mol. The van der Waals surface area contributed by atoms with Crippen LogP contribution in [0.5, 0.6) is 0 Å². The van der Waals surface area contributed by atoms with Gasteiger partial charge in [0.05, 0.1) is 0 Å². The summed E-state index contributed by atoms with van der Waals surface area (Å²) in [4.78, 5) is 2.11. The van der Waals surface area contributed by atoms with Crippen molar-refractivity contribution in [3.63, 3.8) is 0 Å². The molecule has 0 aliphatic carbocycles. The summed E-state index contributed by atoms with van der Waals surface area (Å²) >= 11 is 0. The summed E-state index contributed by atoms with van der Waals surface area (Å²) in [5.74, 6) is 0. The van der Waals surface area contributed by atoms with E-state index in [-0.39, 0.29) is 6.17 Å². The normalized spacial score (nSPS) is 17.5. The molecule has 0 bridgehead atoms. The number of hydrogen-bond donors (Lipinski definition) is 2. The maximum Gasteiger partial charge on any atom is 0.103 e. The highest BCUT2D eigenvalue weighted by Gasteiger charge is 2.17. The fourth-order valence-corrected chi connectivity index (χ4v) is 2.40. The van der Waals surface area contributed by atoms with E-state index in [1.165, 1.54) is 22.5 Å². The van der Waals surface area contributed by atoms with Gasteiger partial charge in [0.1, 0.15) is 6.17 Å². The Labute approximate surface area is 114 Å². The van der Waals surface area contributed by atoms with E-state index in [4.69, 9.17) is 0 Å². The van der Waals surface area contributed by atoms with Gasteiger partial charge in [0, 0.05) is 32.0 Å². The monoisotopic (exact) mass is 253 g/mol. The molecule has 0 unspecified atom stereocenters. The lowest BCUT2D eigenvalue weighted by molar-refractivity contribution is 0.566. The molecule has 0 fully saturated rings. The average Bonchev–Trinajstić information content (AvgIpc) is 2.47. The molecule has 1 aliphatic rings. The predicted octanol–water partition coefficient (Wildman–Crippen LogP) is 2.97. The highest BCUT2D eigenvalue weighted by Crippen LogP contribution is 2.26. The summed E-state index contributed by atoms with van der Waals surface area (Å²) in [6.45, 7) is 0.906. The number of fused-ring (bicyclic) bond motifs is 1. The zero-order valence-electron chi connectivity index (χ0n) is 11.4. The topological polar surface area (TPSA) is 27.3 Å². The lowest BCUT2D eigenvalue weighted by Crippen LogP contribution is -2.32. The van der Waals surface area contributed by atoms with E-state index < -0.39 is 0 Å². The van der Waals surface area contributed by atoms with Crippen molar-refractivity contribution in [3.8, 4) is 0 Å². The molecule has 1 heterocycles. The van der Waals surface area contributed by atoms with Crippen LogP contribution >= 0.6 is 0 Å². The summed E-state index contributed by atoms with van der Waals surface area (Å²) in [7, 11) is 4.12. The zero-order valence-corrected chi connectivity index (χ0v) is 11.4. The summed E-state index contributed by atoms with van der Waals surface area (Å²) < 4.78 is 0. The third-order valence-corrected chi connectivity index (χ3v) is 3.56. The summed E-state index contributed by atoms with van der Waals surface area (Å²) in [5.41, 5.74) is 5.03. The van der Waals surface area contributed by atoms with Crippen LogP contribution in [0.3, 0.4) is 0 Å². The third kappa shape index (κ3) is 2.42. The van der Waals surface area contributed by atoms with E-state index in [2.05, 4.69) is 78.2 Å². The van der Waals surface area contributed by atoms with Crippen LogP contribution in [0.2, 0.25) is 0 Å². The maximum atomic E-state index is 3.54. The van der Waals surface area contributed by atoms with Crippen LogP contribution in [0.1, 0.15) is 17.3 Å². The van der Waals surface area contributed by atoms with Crippen molar-refractivity contribution in [2.75, 3.05) is 24.3 Å². The van der Waals surface area contributed by atoms with Gasteiger partial charge in [-0.1, -0.05) is 30.3 Å². The first-order valence-electron chi connectivity index (χ1n) is 6.59. The maximum absolute atomic E-state index is 3.54. The highest BCUT2D eigenvalue weighted by molar-refractivity contribution is 5.55. The van der Waals surface area contributed by atoms with E-state index in [1.54, 1.807) is 0 Å². The second-order valence-corrected chi connectivity index (χ2v) is 5.10. The minimum Gasteiger partial charge on any atom is -0.378 e.